The maximum atomic E-state index is 9.74. The van der Waals surface area contributed by atoms with Crippen LogP contribution in [0.3, 0.4) is 0 Å². The molecule has 0 aliphatic rings. The van der Waals surface area contributed by atoms with E-state index in [1.54, 1.807) is 0 Å². The van der Waals surface area contributed by atoms with Gasteiger partial charge in [0.05, 0.1) is 5.97 Å². The van der Waals surface area contributed by atoms with Crippen molar-refractivity contribution in [3.05, 3.63) is 0 Å². The molecular formula is C4H6K2O6. The van der Waals surface area contributed by atoms with Crippen LogP contribution in [0.5, 0.6) is 0 Å². The molecule has 12 heavy (non-hydrogen) atoms. The fraction of sp³-hybridized carbons (Fsp3) is 0.500. The molecule has 0 rings (SSSR count). The molecule has 0 aromatic heterocycles. The first-order valence-electron chi connectivity index (χ1n) is 2.26. The Morgan fingerprint density at radius 3 is 1.58 bits per heavy atom. The predicted octanol–water partition coefficient (Wildman–Crippen LogP) is -9.34. The normalized spacial score (nSPS) is 13.2. The van der Waals surface area contributed by atoms with Crippen LogP contribution in [-0.2, 0) is 9.59 Å². The molecule has 0 amide bonds. The summed E-state index contributed by atoms with van der Waals surface area (Å²) < 4.78 is 0. The fourth-order valence-electron chi connectivity index (χ4n) is 0.264. The molecule has 2 atom stereocenters. The van der Waals surface area contributed by atoms with Gasteiger partial charge in [0.2, 0.25) is 0 Å². The second-order valence-corrected chi connectivity index (χ2v) is 1.55. The Bertz CT molecular complexity index is 147. The minimum absolute atomic E-state index is 0. The summed E-state index contributed by atoms with van der Waals surface area (Å²) in [5.41, 5.74) is 0. The number of hydrogen-bond donors (Lipinski definition) is 3. The van der Waals surface area contributed by atoms with Crippen molar-refractivity contribution in [2.24, 2.45) is 0 Å². The quantitative estimate of drug-likeness (QED) is 0.413. The van der Waals surface area contributed by atoms with Gasteiger partial charge in [0, 0.05) is 0 Å². The number of aliphatic hydroxyl groups is 2. The number of carboxylic acid groups (broad SMARTS) is 2. The van der Waals surface area contributed by atoms with Crippen LogP contribution in [0.15, 0.2) is 0 Å². The topological polar surface area (TPSA) is 118 Å². The van der Waals surface area contributed by atoms with E-state index in [1.807, 2.05) is 0 Å². The Morgan fingerprint density at radius 2 is 1.50 bits per heavy atom. The van der Waals surface area contributed by atoms with Crippen LogP contribution in [0.25, 0.3) is 0 Å². The third-order valence-corrected chi connectivity index (χ3v) is 0.794. The average Bonchev–Trinajstić information content (AvgIpc) is 1.84. The van der Waals surface area contributed by atoms with Gasteiger partial charge in [0.25, 0.3) is 0 Å². The van der Waals surface area contributed by atoms with Crippen LogP contribution in [-0.4, -0.2) is 39.5 Å². The van der Waals surface area contributed by atoms with Crippen molar-refractivity contribution < 1.29 is 134 Å². The van der Waals surface area contributed by atoms with Crippen LogP contribution in [0, 0.1) is 0 Å². The molecule has 0 heterocycles. The number of carbonyl (C=O) groups excluding carboxylic acids is 1. The number of hydrogen-bond acceptors (Lipinski definition) is 5. The van der Waals surface area contributed by atoms with Crippen molar-refractivity contribution >= 4 is 11.9 Å². The van der Waals surface area contributed by atoms with Gasteiger partial charge < -0.3 is 26.6 Å². The zero-order chi connectivity index (χ0) is 8.31. The number of aliphatic hydroxyl groups excluding tert-OH is 2. The molecule has 0 radical (unpaired) electrons. The molecule has 0 saturated heterocycles. The van der Waals surface area contributed by atoms with Gasteiger partial charge in [-0.3, -0.25) is 0 Å². The summed E-state index contributed by atoms with van der Waals surface area (Å²) in [5, 5.41) is 34.1. The van der Waals surface area contributed by atoms with E-state index in [9.17, 15) is 14.7 Å². The van der Waals surface area contributed by atoms with Crippen LogP contribution in [0.4, 0.5) is 0 Å². The molecule has 0 aromatic rings. The summed E-state index contributed by atoms with van der Waals surface area (Å²) in [6.07, 6.45) is -4.71. The van der Waals surface area contributed by atoms with Crippen molar-refractivity contribution in [3.63, 3.8) is 0 Å². The first-order valence-corrected chi connectivity index (χ1v) is 2.26. The van der Waals surface area contributed by atoms with Gasteiger partial charge in [-0.15, -0.1) is 0 Å². The molecule has 0 aromatic carbocycles. The van der Waals surface area contributed by atoms with Crippen molar-refractivity contribution in [1.82, 2.24) is 0 Å². The van der Waals surface area contributed by atoms with Gasteiger partial charge in [-0.05, 0) is 0 Å². The van der Waals surface area contributed by atoms with Crippen LogP contribution < -0.4 is 108 Å². The maximum absolute atomic E-state index is 9.74. The number of rotatable bonds is 3. The minimum atomic E-state index is -2.38. The predicted molar refractivity (Wildman–Crippen MR) is 25.8 cm³/mol. The SMILES string of the molecule is O=C([O-])C(O)C(O)C(=O)O.[H-].[K+].[K+]. The molecule has 0 saturated carbocycles. The summed E-state index contributed by atoms with van der Waals surface area (Å²) in [6, 6.07) is 0. The molecule has 0 aliphatic carbocycles. The first kappa shape index (κ1) is 19.7. The number of carboxylic acids is 2. The van der Waals surface area contributed by atoms with Crippen molar-refractivity contribution in [2.75, 3.05) is 0 Å². The first-order chi connectivity index (χ1) is 4.46. The second-order valence-electron chi connectivity index (χ2n) is 1.55. The van der Waals surface area contributed by atoms with E-state index in [2.05, 4.69) is 0 Å². The maximum Gasteiger partial charge on any atom is 1.00 e. The van der Waals surface area contributed by atoms with Crippen molar-refractivity contribution in [2.45, 2.75) is 12.2 Å². The van der Waals surface area contributed by atoms with Gasteiger partial charge in [-0.1, -0.05) is 0 Å². The molecule has 2 unspecified atom stereocenters. The molecular weight excluding hydrogens is 222 g/mol. The van der Waals surface area contributed by atoms with Crippen LogP contribution in [0.1, 0.15) is 1.43 Å². The summed E-state index contributed by atoms with van der Waals surface area (Å²) in [4.78, 5) is 19.4. The van der Waals surface area contributed by atoms with E-state index in [-0.39, 0.29) is 104 Å². The third kappa shape index (κ3) is 7.53. The van der Waals surface area contributed by atoms with Crippen LogP contribution in [0.2, 0.25) is 0 Å². The monoisotopic (exact) mass is 228 g/mol. The van der Waals surface area contributed by atoms with Gasteiger partial charge >= 0.3 is 109 Å². The van der Waals surface area contributed by atoms with E-state index in [1.165, 1.54) is 0 Å². The van der Waals surface area contributed by atoms with Gasteiger partial charge in [0.15, 0.2) is 6.10 Å². The summed E-state index contributed by atoms with van der Waals surface area (Å²) in [5.74, 6) is -3.83. The van der Waals surface area contributed by atoms with E-state index >= 15 is 0 Å². The van der Waals surface area contributed by atoms with E-state index in [0.29, 0.717) is 0 Å². The largest absolute Gasteiger partial charge is 1.00 e. The Balaban J connectivity index is -0.000000135. The number of aliphatic carboxylic acids is 2. The molecule has 3 N–H and O–H groups in total. The van der Waals surface area contributed by atoms with Crippen LogP contribution >= 0.6 is 0 Å². The summed E-state index contributed by atoms with van der Waals surface area (Å²) in [7, 11) is 0. The van der Waals surface area contributed by atoms with Crippen molar-refractivity contribution in [1.29, 1.82) is 0 Å². The Morgan fingerprint density at radius 1 is 1.17 bits per heavy atom. The van der Waals surface area contributed by atoms with E-state index in [0.717, 1.165) is 0 Å². The van der Waals surface area contributed by atoms with Gasteiger partial charge in [-0.25, -0.2) is 4.79 Å². The molecule has 0 fully saturated rings. The minimum Gasteiger partial charge on any atom is -1.00 e. The molecule has 8 heteroatoms. The zero-order valence-electron chi connectivity index (χ0n) is 7.72. The second kappa shape index (κ2) is 9.68. The molecule has 0 bridgehead atoms. The van der Waals surface area contributed by atoms with E-state index in [4.69, 9.17) is 15.3 Å². The Kier molecular flexibility index (Phi) is 15.9. The average molecular weight is 228 g/mol. The zero-order valence-corrected chi connectivity index (χ0v) is 13.0. The standard InChI is InChI=1S/C4H6O6.2K.H/c5-1(3(7)8)2(6)4(9)10;;;/h1-2,5-6H,(H,7,8)(H,9,10);;;/q;2*+1;-1/p-1. The van der Waals surface area contributed by atoms with Crippen molar-refractivity contribution in [3.8, 4) is 0 Å². The molecule has 0 spiro atoms. The van der Waals surface area contributed by atoms with Gasteiger partial charge in [0.1, 0.15) is 6.10 Å². The van der Waals surface area contributed by atoms with Gasteiger partial charge in [-0.2, -0.15) is 0 Å². The smallest absolute Gasteiger partial charge is 1.00 e. The molecule has 6 nitrogen and oxygen atoms in total. The Labute approximate surface area is 155 Å². The molecule has 0 aliphatic heterocycles. The third-order valence-electron chi connectivity index (χ3n) is 0.794. The van der Waals surface area contributed by atoms with E-state index < -0.39 is 24.1 Å². The number of carbonyl (C=O) groups is 2. The summed E-state index contributed by atoms with van der Waals surface area (Å²) >= 11 is 0. The molecule has 60 valence electrons. The summed E-state index contributed by atoms with van der Waals surface area (Å²) in [6.45, 7) is 0. The Hall–Kier alpha value is 2.13. The fourth-order valence-corrected chi connectivity index (χ4v) is 0.264.